The van der Waals surface area contributed by atoms with Crippen LogP contribution in [0.1, 0.15) is 0 Å². The fourth-order valence-corrected chi connectivity index (χ4v) is 3.66. The van der Waals surface area contributed by atoms with Gasteiger partial charge in [-0.15, -0.1) is 0 Å². The summed E-state index contributed by atoms with van der Waals surface area (Å²) in [5, 5.41) is -5.41. The Bertz CT molecular complexity index is 174. The van der Waals surface area contributed by atoms with Crippen molar-refractivity contribution < 1.29 is 39.5 Å². The first-order valence-corrected chi connectivity index (χ1v) is 6.95. The molecule has 0 nitrogen and oxygen atoms in total. The third kappa shape index (κ3) is 5.26. The Morgan fingerprint density at radius 1 is 0.643 bits per heavy atom. The molecule has 0 saturated heterocycles. The molecule has 0 bridgehead atoms. The molecule has 11 heteroatoms. The van der Waals surface area contributed by atoms with Crippen molar-refractivity contribution in [3.63, 3.8) is 0 Å². The first-order chi connectivity index (χ1) is 5.84. The zero-order chi connectivity index (χ0) is 11.8. The molecule has 0 N–H and O–H groups in total. The van der Waals surface area contributed by atoms with E-state index in [1.807, 2.05) is 0 Å². The van der Waals surface area contributed by atoms with Crippen LogP contribution in [0.25, 0.3) is 0 Å². The van der Waals surface area contributed by atoms with Gasteiger partial charge >= 0.3 is 77.5 Å². The molecule has 0 fully saturated rings. The van der Waals surface area contributed by atoms with Crippen LogP contribution in [0.2, 0.25) is 0 Å². The Morgan fingerprint density at radius 2 is 0.929 bits per heavy atom. The minimum atomic E-state index is -5.84. The number of rotatable bonds is 1. The fraction of sp³-hybridized carbons (Fsp3) is 1.00. The summed E-state index contributed by atoms with van der Waals surface area (Å²) in [4.78, 5) is 0. The van der Waals surface area contributed by atoms with Crippen LogP contribution in [0.4, 0.5) is 39.5 Å². The van der Waals surface area contributed by atoms with Crippen LogP contribution in [0.5, 0.6) is 0 Å². The fourth-order valence-electron chi connectivity index (χ4n) is 0.351. The Hall–Kier alpha value is 0.319. The van der Waals surface area contributed by atoms with Gasteiger partial charge in [0.15, 0.2) is 0 Å². The summed E-state index contributed by atoms with van der Waals surface area (Å²) in [6, 6.07) is 0. The monoisotopic (exact) mass is 318 g/mol. The van der Waals surface area contributed by atoms with Crippen LogP contribution in [0.15, 0.2) is 0 Å². The zero-order valence-electron chi connectivity index (χ0n) is 5.76. The van der Waals surface area contributed by atoms with Crippen molar-refractivity contribution in [3.05, 3.63) is 0 Å². The molecule has 0 spiro atoms. The molecule has 14 heavy (non-hydrogen) atoms. The second-order valence-corrected chi connectivity index (χ2v) is 7.97. The minimum absolute atomic E-state index is 3.49. The maximum atomic E-state index is 11.6. The van der Waals surface area contributed by atoms with Gasteiger partial charge < -0.3 is 0 Å². The van der Waals surface area contributed by atoms with Gasteiger partial charge in [0.1, 0.15) is 0 Å². The summed E-state index contributed by atoms with van der Waals surface area (Å²) < 4.78 is 104. The van der Waals surface area contributed by atoms with E-state index >= 15 is 0 Å². The molecule has 0 saturated carbocycles. The number of hydrogen-bond donors (Lipinski definition) is 0. The van der Waals surface area contributed by atoms with E-state index < -0.39 is 38.0 Å². The molecule has 0 unspecified atom stereocenters. The number of halogens is 9. The first kappa shape index (κ1) is 14.3. The number of hydrogen-bond acceptors (Lipinski definition) is 0. The molecule has 0 aliphatic heterocycles. The van der Waals surface area contributed by atoms with Gasteiger partial charge in [0.2, 0.25) is 0 Å². The topological polar surface area (TPSA) is 0 Å². The predicted octanol–water partition coefficient (Wildman–Crippen LogP) is 3.65. The third-order valence-corrected chi connectivity index (χ3v) is 7.02. The van der Waals surface area contributed by atoms with Crippen LogP contribution in [-0.2, 0) is 0 Å². The summed E-state index contributed by atoms with van der Waals surface area (Å²) >= 11 is -3.49. The summed E-state index contributed by atoms with van der Waals surface area (Å²) in [6.07, 6.45) is 0. The van der Waals surface area contributed by atoms with Gasteiger partial charge in [-0.25, -0.2) is 0 Å². The molecule has 0 aromatic heterocycles. The van der Waals surface area contributed by atoms with Crippen molar-refractivity contribution in [3.8, 4) is 0 Å². The van der Waals surface area contributed by atoms with Gasteiger partial charge in [-0.05, 0) is 0 Å². The van der Waals surface area contributed by atoms with E-state index in [1.54, 1.807) is 0 Å². The third-order valence-electron chi connectivity index (χ3n) is 0.655. The quantitative estimate of drug-likeness (QED) is 0.393. The number of alkyl halides is 9. The Kier molecular flexibility index (Phi) is 4.15. The van der Waals surface area contributed by atoms with Gasteiger partial charge in [-0.1, -0.05) is 0 Å². The second kappa shape index (κ2) is 4.06. The van der Waals surface area contributed by atoms with E-state index in [0.29, 0.717) is 0 Å². The normalized spacial score (nSPS) is 15.0. The van der Waals surface area contributed by atoms with Crippen LogP contribution in [0, 0.1) is 0 Å². The van der Waals surface area contributed by atoms with E-state index in [0.717, 1.165) is 0 Å². The summed E-state index contributed by atoms with van der Waals surface area (Å²) in [7, 11) is 0. The summed E-state index contributed by atoms with van der Waals surface area (Å²) in [5.41, 5.74) is 0. The molecular weight excluding hydrogens is 317 g/mol. The summed E-state index contributed by atoms with van der Waals surface area (Å²) in [5.74, 6) is -11.7. The van der Waals surface area contributed by atoms with Crippen LogP contribution in [0.3, 0.4) is 0 Å². The van der Waals surface area contributed by atoms with E-state index in [9.17, 15) is 39.5 Å². The standard InChI is InChI=1S/C3F9PSe/c4-1(5,6)13(2(7,8)9)14-3(10,11)12. The Morgan fingerprint density at radius 3 is 1.00 bits per heavy atom. The van der Waals surface area contributed by atoms with Gasteiger partial charge in [-0.2, -0.15) is 0 Å². The van der Waals surface area contributed by atoms with Crippen molar-refractivity contribution in [2.24, 2.45) is 0 Å². The van der Waals surface area contributed by atoms with Crippen LogP contribution < -0.4 is 0 Å². The predicted molar refractivity (Wildman–Crippen MR) is 30.8 cm³/mol. The summed E-state index contributed by atoms with van der Waals surface area (Å²) in [6.45, 7) is -4.99. The molecular formula is C3F9PSe. The second-order valence-electron chi connectivity index (χ2n) is 1.77. The van der Waals surface area contributed by atoms with Crippen molar-refractivity contribution in [1.82, 2.24) is 0 Å². The molecule has 0 atom stereocenters. The van der Waals surface area contributed by atoms with Crippen molar-refractivity contribution in [1.29, 1.82) is 0 Å². The van der Waals surface area contributed by atoms with E-state index in [1.165, 1.54) is 0 Å². The van der Waals surface area contributed by atoms with Gasteiger partial charge in [0.05, 0.1) is 0 Å². The molecule has 0 rings (SSSR count). The molecule has 86 valence electrons. The zero-order valence-corrected chi connectivity index (χ0v) is 8.36. The van der Waals surface area contributed by atoms with Gasteiger partial charge in [0, 0.05) is 0 Å². The van der Waals surface area contributed by atoms with Gasteiger partial charge in [0.25, 0.3) is 0 Å². The van der Waals surface area contributed by atoms with E-state index in [2.05, 4.69) is 0 Å². The molecule has 0 amide bonds. The van der Waals surface area contributed by atoms with Crippen LogP contribution >= 0.6 is 6.61 Å². The molecule has 0 aromatic rings. The SMILES string of the molecule is FC(F)(F)[Se]P(C(F)(F)F)C(F)(F)F. The van der Waals surface area contributed by atoms with Crippen molar-refractivity contribution in [2.75, 3.05) is 0 Å². The van der Waals surface area contributed by atoms with Crippen molar-refractivity contribution in [2.45, 2.75) is 16.9 Å². The average molecular weight is 317 g/mol. The van der Waals surface area contributed by atoms with Gasteiger partial charge in [-0.3, -0.25) is 0 Å². The van der Waals surface area contributed by atoms with E-state index in [4.69, 9.17) is 0 Å². The molecule has 0 radical (unpaired) electrons. The Labute approximate surface area is 78.3 Å². The molecule has 0 aromatic carbocycles. The average Bonchev–Trinajstić information content (AvgIpc) is 1.75. The van der Waals surface area contributed by atoms with E-state index in [-0.39, 0.29) is 0 Å². The molecule has 0 heterocycles. The van der Waals surface area contributed by atoms with Crippen molar-refractivity contribution >= 4 is 21.1 Å². The first-order valence-electron chi connectivity index (χ1n) is 2.53. The van der Waals surface area contributed by atoms with Crippen LogP contribution in [-0.4, -0.2) is 31.4 Å². The Balaban J connectivity index is 4.78. The maximum absolute atomic E-state index is 11.6. The molecule has 0 aliphatic rings. The molecule has 0 aliphatic carbocycles.